The molecule has 1 fully saturated rings. The molecule has 0 aromatic carbocycles. The van der Waals surface area contributed by atoms with Crippen molar-refractivity contribution in [3.63, 3.8) is 0 Å². The summed E-state index contributed by atoms with van der Waals surface area (Å²) in [4.78, 5) is 26.1. The van der Waals surface area contributed by atoms with Gasteiger partial charge in [0.1, 0.15) is 10.7 Å². The number of carbonyl (C=O) groups is 2. The van der Waals surface area contributed by atoms with Crippen molar-refractivity contribution in [1.82, 2.24) is 4.90 Å². The number of aromatic carboxylic acids is 1. The number of nitrogens with zero attached hydrogens (tertiary/aromatic N) is 1. The number of hydrogen-bond acceptors (Lipinski definition) is 4. The molecule has 1 aliphatic rings. The van der Waals surface area contributed by atoms with Gasteiger partial charge in [-0.1, -0.05) is 6.92 Å². The highest BCUT2D eigenvalue weighted by molar-refractivity contribution is 7.13. The second-order valence-electron chi connectivity index (χ2n) is 4.63. The Balaban J connectivity index is 1.96. The van der Waals surface area contributed by atoms with E-state index >= 15 is 0 Å². The number of rotatable bonds is 4. The van der Waals surface area contributed by atoms with Gasteiger partial charge in [0, 0.05) is 36.9 Å². The van der Waals surface area contributed by atoms with Gasteiger partial charge in [-0.2, -0.15) is 0 Å². The van der Waals surface area contributed by atoms with Crippen LogP contribution < -0.4 is 0 Å². The van der Waals surface area contributed by atoms with Gasteiger partial charge in [-0.05, 0) is 18.6 Å². The van der Waals surface area contributed by atoms with Crippen molar-refractivity contribution in [2.45, 2.75) is 26.3 Å². The van der Waals surface area contributed by atoms with Crippen LogP contribution in [-0.2, 0) is 11.3 Å². The van der Waals surface area contributed by atoms with Gasteiger partial charge in [-0.3, -0.25) is 9.69 Å². The van der Waals surface area contributed by atoms with Crippen LogP contribution in [0.4, 0.5) is 0 Å². The molecule has 4 nitrogen and oxygen atoms in total. The lowest BCUT2D eigenvalue weighted by Crippen LogP contribution is -2.39. The SMILES string of the molecule is CCC1CN(Cc2ccc(C(=O)O)s2)CCC1=O. The number of likely N-dealkylation sites (tertiary alicyclic amines) is 1. The molecule has 2 rings (SSSR count). The molecule has 18 heavy (non-hydrogen) atoms. The van der Waals surface area contributed by atoms with E-state index in [2.05, 4.69) is 4.90 Å². The van der Waals surface area contributed by atoms with Crippen molar-refractivity contribution in [1.29, 1.82) is 0 Å². The highest BCUT2D eigenvalue weighted by atomic mass is 32.1. The molecule has 0 radical (unpaired) electrons. The second-order valence-corrected chi connectivity index (χ2v) is 5.80. The standard InChI is InChI=1S/C13H17NO3S/c1-2-9-7-14(6-5-11(9)15)8-10-3-4-12(18-10)13(16)17/h3-4,9H,2,5-8H2,1H3,(H,16,17). The number of ketones is 1. The molecule has 1 atom stereocenters. The van der Waals surface area contributed by atoms with Gasteiger partial charge in [-0.15, -0.1) is 11.3 Å². The van der Waals surface area contributed by atoms with E-state index in [0.717, 1.165) is 30.9 Å². The van der Waals surface area contributed by atoms with Crippen molar-refractivity contribution >= 4 is 23.1 Å². The molecular formula is C13H17NO3S. The summed E-state index contributed by atoms with van der Waals surface area (Å²) in [5, 5.41) is 8.87. The van der Waals surface area contributed by atoms with E-state index < -0.39 is 5.97 Å². The van der Waals surface area contributed by atoms with Crippen LogP contribution in [0.5, 0.6) is 0 Å². The molecule has 0 saturated carbocycles. The van der Waals surface area contributed by atoms with Crippen LogP contribution in [0, 0.1) is 5.92 Å². The molecule has 1 aliphatic heterocycles. The van der Waals surface area contributed by atoms with Crippen molar-refractivity contribution in [3.8, 4) is 0 Å². The van der Waals surface area contributed by atoms with Gasteiger partial charge in [0.05, 0.1) is 0 Å². The molecule has 1 aromatic rings. The fourth-order valence-corrected chi connectivity index (χ4v) is 3.16. The Morgan fingerprint density at radius 1 is 1.56 bits per heavy atom. The van der Waals surface area contributed by atoms with Gasteiger partial charge >= 0.3 is 5.97 Å². The zero-order chi connectivity index (χ0) is 13.1. The highest BCUT2D eigenvalue weighted by Crippen LogP contribution is 2.22. The van der Waals surface area contributed by atoms with Crippen LogP contribution in [0.2, 0.25) is 0 Å². The fourth-order valence-electron chi connectivity index (χ4n) is 2.28. The average Bonchev–Trinajstić information content (AvgIpc) is 2.80. The zero-order valence-corrected chi connectivity index (χ0v) is 11.2. The number of thiophene rings is 1. The summed E-state index contributed by atoms with van der Waals surface area (Å²) < 4.78 is 0. The Kier molecular flexibility index (Phi) is 4.14. The molecule has 0 spiro atoms. The molecule has 98 valence electrons. The summed E-state index contributed by atoms with van der Waals surface area (Å²) in [7, 11) is 0. The number of Topliss-reactive ketones (excluding diaryl/α,β-unsaturated/α-hetero) is 1. The first-order valence-electron chi connectivity index (χ1n) is 6.17. The predicted octanol–water partition coefficient (Wildman–Crippen LogP) is 2.25. The molecule has 1 unspecified atom stereocenters. The topological polar surface area (TPSA) is 57.6 Å². The molecule has 0 aliphatic carbocycles. The van der Waals surface area contributed by atoms with Crippen LogP contribution in [0.25, 0.3) is 0 Å². The van der Waals surface area contributed by atoms with Gasteiger partial charge in [-0.25, -0.2) is 4.79 Å². The van der Waals surface area contributed by atoms with Crippen LogP contribution in [-0.4, -0.2) is 34.8 Å². The van der Waals surface area contributed by atoms with E-state index in [1.807, 2.05) is 13.0 Å². The third-order valence-electron chi connectivity index (χ3n) is 3.35. The van der Waals surface area contributed by atoms with Crippen LogP contribution >= 0.6 is 11.3 Å². The van der Waals surface area contributed by atoms with E-state index in [9.17, 15) is 9.59 Å². The fraction of sp³-hybridized carbons (Fsp3) is 0.538. The number of piperidine rings is 1. The first kappa shape index (κ1) is 13.2. The molecule has 1 saturated heterocycles. The minimum Gasteiger partial charge on any atom is -0.477 e. The van der Waals surface area contributed by atoms with Crippen LogP contribution in [0.3, 0.4) is 0 Å². The van der Waals surface area contributed by atoms with E-state index in [4.69, 9.17) is 5.11 Å². The van der Waals surface area contributed by atoms with Crippen molar-refractivity contribution < 1.29 is 14.7 Å². The largest absolute Gasteiger partial charge is 0.477 e. The normalized spacial score (nSPS) is 21.2. The zero-order valence-electron chi connectivity index (χ0n) is 10.4. The van der Waals surface area contributed by atoms with Gasteiger partial charge in [0.2, 0.25) is 0 Å². The van der Waals surface area contributed by atoms with Gasteiger partial charge < -0.3 is 5.11 Å². The summed E-state index contributed by atoms with van der Waals surface area (Å²) in [6.45, 7) is 4.38. The maximum Gasteiger partial charge on any atom is 0.345 e. The van der Waals surface area contributed by atoms with Crippen LogP contribution in [0.1, 0.15) is 34.3 Å². The lowest BCUT2D eigenvalue weighted by Gasteiger charge is -2.30. The molecule has 5 heteroatoms. The van der Waals surface area contributed by atoms with E-state index in [-0.39, 0.29) is 5.92 Å². The predicted molar refractivity (Wildman–Crippen MR) is 70.0 cm³/mol. The molecule has 0 amide bonds. The number of carboxylic acids is 1. The van der Waals surface area contributed by atoms with E-state index in [1.165, 1.54) is 11.3 Å². The van der Waals surface area contributed by atoms with Gasteiger partial charge in [0.25, 0.3) is 0 Å². The first-order valence-corrected chi connectivity index (χ1v) is 6.99. The lowest BCUT2D eigenvalue weighted by molar-refractivity contribution is -0.126. The second kappa shape index (κ2) is 5.63. The minimum atomic E-state index is -0.869. The summed E-state index contributed by atoms with van der Waals surface area (Å²) in [6.07, 6.45) is 1.51. The summed E-state index contributed by atoms with van der Waals surface area (Å²) in [5.41, 5.74) is 0. The van der Waals surface area contributed by atoms with E-state index in [1.54, 1.807) is 6.07 Å². The third-order valence-corrected chi connectivity index (χ3v) is 4.41. The Bertz CT molecular complexity index is 455. The van der Waals surface area contributed by atoms with Crippen molar-refractivity contribution in [2.75, 3.05) is 13.1 Å². The average molecular weight is 267 g/mol. The van der Waals surface area contributed by atoms with Gasteiger partial charge in [0.15, 0.2) is 0 Å². The third kappa shape index (κ3) is 2.97. The molecule has 2 heterocycles. The smallest absolute Gasteiger partial charge is 0.345 e. The van der Waals surface area contributed by atoms with E-state index in [0.29, 0.717) is 17.1 Å². The maximum absolute atomic E-state index is 11.6. The first-order chi connectivity index (χ1) is 8.60. The monoisotopic (exact) mass is 267 g/mol. The minimum absolute atomic E-state index is 0.151. The Hall–Kier alpha value is -1.20. The Labute approximate surface area is 110 Å². The lowest BCUT2D eigenvalue weighted by atomic mass is 9.94. The Morgan fingerprint density at radius 3 is 2.94 bits per heavy atom. The molecule has 0 bridgehead atoms. The summed E-state index contributed by atoms with van der Waals surface area (Å²) >= 11 is 1.32. The maximum atomic E-state index is 11.6. The number of hydrogen-bond donors (Lipinski definition) is 1. The Morgan fingerprint density at radius 2 is 2.33 bits per heavy atom. The van der Waals surface area contributed by atoms with Crippen LogP contribution in [0.15, 0.2) is 12.1 Å². The highest BCUT2D eigenvalue weighted by Gasteiger charge is 2.25. The summed E-state index contributed by atoms with van der Waals surface area (Å²) in [6, 6.07) is 3.51. The number of carboxylic acid groups (broad SMARTS) is 1. The van der Waals surface area contributed by atoms with Crippen molar-refractivity contribution in [2.24, 2.45) is 5.92 Å². The molecular weight excluding hydrogens is 250 g/mol. The molecule has 1 aromatic heterocycles. The molecule has 1 N–H and O–H groups in total. The summed E-state index contributed by atoms with van der Waals surface area (Å²) in [5.74, 6) is -0.352. The van der Waals surface area contributed by atoms with Crippen molar-refractivity contribution in [3.05, 3.63) is 21.9 Å². The quantitative estimate of drug-likeness (QED) is 0.909. The number of carbonyl (C=O) groups excluding carboxylic acids is 1.